The smallest absolute Gasteiger partial charge is 0.165 e. The third-order valence-corrected chi connectivity index (χ3v) is 3.24. The van der Waals surface area contributed by atoms with Crippen LogP contribution in [0.4, 0.5) is 0 Å². The van der Waals surface area contributed by atoms with Gasteiger partial charge in [-0.15, -0.1) is 0 Å². The first-order valence-corrected chi connectivity index (χ1v) is 6.00. The summed E-state index contributed by atoms with van der Waals surface area (Å²) in [4.78, 5) is 12.0. The molecule has 0 amide bonds. The predicted octanol–water partition coefficient (Wildman–Crippen LogP) is 3.38. The maximum absolute atomic E-state index is 12.0. The van der Waals surface area contributed by atoms with E-state index in [1.54, 1.807) is 0 Å². The van der Waals surface area contributed by atoms with E-state index < -0.39 is 0 Å². The fourth-order valence-corrected chi connectivity index (χ4v) is 2.03. The monoisotopic (exact) mass is 218 g/mol. The summed E-state index contributed by atoms with van der Waals surface area (Å²) >= 11 is 0. The topological polar surface area (TPSA) is 26.3 Å². The van der Waals surface area contributed by atoms with Crippen LogP contribution < -0.4 is 4.74 Å². The zero-order valence-electron chi connectivity index (χ0n) is 9.95. The Bertz CT molecular complexity index is 392. The van der Waals surface area contributed by atoms with Crippen LogP contribution in [0.3, 0.4) is 0 Å². The van der Waals surface area contributed by atoms with E-state index in [9.17, 15) is 4.79 Å². The molecule has 0 bridgehead atoms. The molecule has 1 saturated carbocycles. The maximum atomic E-state index is 12.0. The highest BCUT2D eigenvalue weighted by molar-refractivity contribution is 5.98. The van der Waals surface area contributed by atoms with E-state index in [0.717, 1.165) is 29.7 Å². The van der Waals surface area contributed by atoms with E-state index in [1.807, 2.05) is 32.0 Å². The summed E-state index contributed by atoms with van der Waals surface area (Å²) in [5.74, 6) is 1.46. The van der Waals surface area contributed by atoms with Gasteiger partial charge in [-0.05, 0) is 50.5 Å². The van der Waals surface area contributed by atoms with Crippen molar-refractivity contribution in [2.45, 2.75) is 33.1 Å². The summed E-state index contributed by atoms with van der Waals surface area (Å²) in [5, 5.41) is 0. The fraction of sp³-hybridized carbons (Fsp3) is 0.500. The van der Waals surface area contributed by atoms with Gasteiger partial charge < -0.3 is 4.74 Å². The van der Waals surface area contributed by atoms with Crippen molar-refractivity contribution in [3.05, 3.63) is 29.3 Å². The number of benzene rings is 1. The second-order valence-electron chi connectivity index (χ2n) is 4.41. The first kappa shape index (κ1) is 11.2. The van der Waals surface area contributed by atoms with E-state index in [2.05, 4.69) is 0 Å². The molecule has 0 saturated heterocycles. The highest BCUT2D eigenvalue weighted by Crippen LogP contribution is 2.31. The number of carbonyl (C=O) groups excluding carboxylic acids is 1. The van der Waals surface area contributed by atoms with Crippen LogP contribution in [-0.4, -0.2) is 12.4 Å². The van der Waals surface area contributed by atoms with Crippen molar-refractivity contribution >= 4 is 5.78 Å². The van der Waals surface area contributed by atoms with Gasteiger partial charge in [0.2, 0.25) is 0 Å². The molecule has 0 aromatic heterocycles. The minimum atomic E-state index is 0.275. The predicted molar refractivity (Wildman–Crippen MR) is 64.0 cm³/mol. The molecule has 2 nitrogen and oxygen atoms in total. The Labute approximate surface area is 96.6 Å². The van der Waals surface area contributed by atoms with Crippen LogP contribution in [0.5, 0.6) is 5.75 Å². The molecule has 86 valence electrons. The maximum Gasteiger partial charge on any atom is 0.165 e. The first-order valence-electron chi connectivity index (χ1n) is 6.00. The molecule has 0 spiro atoms. The van der Waals surface area contributed by atoms with Crippen molar-refractivity contribution in [2.75, 3.05) is 6.61 Å². The summed E-state index contributed by atoms with van der Waals surface area (Å²) in [6.45, 7) is 4.62. The van der Waals surface area contributed by atoms with Crippen molar-refractivity contribution < 1.29 is 9.53 Å². The summed E-state index contributed by atoms with van der Waals surface area (Å²) in [7, 11) is 0. The lowest BCUT2D eigenvalue weighted by atomic mass is 9.80. The minimum absolute atomic E-state index is 0.275. The highest BCUT2D eigenvalue weighted by atomic mass is 16.5. The van der Waals surface area contributed by atoms with E-state index in [-0.39, 0.29) is 5.92 Å². The number of ether oxygens (including phenoxy) is 1. The quantitative estimate of drug-likeness (QED) is 0.724. The van der Waals surface area contributed by atoms with Crippen LogP contribution in [0.15, 0.2) is 18.2 Å². The lowest BCUT2D eigenvalue weighted by molar-refractivity contribution is 0.0855. The van der Waals surface area contributed by atoms with Gasteiger partial charge >= 0.3 is 0 Å². The molecule has 2 rings (SSSR count). The van der Waals surface area contributed by atoms with Crippen LogP contribution in [0.1, 0.15) is 42.1 Å². The van der Waals surface area contributed by atoms with Gasteiger partial charge in [0, 0.05) is 11.5 Å². The number of hydrogen-bond acceptors (Lipinski definition) is 2. The summed E-state index contributed by atoms with van der Waals surface area (Å²) in [5.41, 5.74) is 1.89. The van der Waals surface area contributed by atoms with Crippen molar-refractivity contribution in [3.8, 4) is 5.75 Å². The SMILES string of the molecule is CCOc1ccc(C(=O)C2CCC2)cc1C. The van der Waals surface area contributed by atoms with E-state index in [1.165, 1.54) is 6.42 Å². The van der Waals surface area contributed by atoms with Crippen LogP contribution >= 0.6 is 0 Å². The number of ketones is 1. The van der Waals surface area contributed by atoms with Crippen LogP contribution in [0.2, 0.25) is 0 Å². The molecule has 0 N–H and O–H groups in total. The molecular formula is C14H18O2. The number of Topliss-reactive ketones (excluding diaryl/α,β-unsaturated/α-hetero) is 1. The molecule has 0 aliphatic heterocycles. The number of aryl methyl sites for hydroxylation is 1. The number of hydrogen-bond donors (Lipinski definition) is 0. The Balaban J connectivity index is 2.16. The Kier molecular flexibility index (Phi) is 3.28. The van der Waals surface area contributed by atoms with Gasteiger partial charge in [-0.3, -0.25) is 4.79 Å². The molecule has 16 heavy (non-hydrogen) atoms. The molecule has 1 aliphatic rings. The van der Waals surface area contributed by atoms with Crippen LogP contribution in [0, 0.1) is 12.8 Å². The summed E-state index contributed by atoms with van der Waals surface area (Å²) in [6, 6.07) is 5.75. The largest absolute Gasteiger partial charge is 0.494 e. The molecule has 1 aromatic rings. The van der Waals surface area contributed by atoms with Gasteiger partial charge in [0.05, 0.1) is 6.61 Å². The summed E-state index contributed by atoms with van der Waals surface area (Å²) < 4.78 is 5.46. The Morgan fingerprint density at radius 1 is 1.44 bits per heavy atom. The van der Waals surface area contributed by atoms with Gasteiger partial charge in [-0.2, -0.15) is 0 Å². The molecule has 0 atom stereocenters. The first-order chi connectivity index (χ1) is 7.72. The molecule has 0 unspecified atom stereocenters. The molecule has 1 aromatic carbocycles. The van der Waals surface area contributed by atoms with Crippen LogP contribution in [-0.2, 0) is 0 Å². The molecular weight excluding hydrogens is 200 g/mol. The Morgan fingerprint density at radius 3 is 2.69 bits per heavy atom. The highest BCUT2D eigenvalue weighted by Gasteiger charge is 2.26. The third-order valence-electron chi connectivity index (χ3n) is 3.24. The third kappa shape index (κ3) is 2.11. The van der Waals surface area contributed by atoms with Crippen molar-refractivity contribution in [1.29, 1.82) is 0 Å². The second kappa shape index (κ2) is 4.69. The van der Waals surface area contributed by atoms with E-state index in [0.29, 0.717) is 12.4 Å². The molecule has 1 aliphatic carbocycles. The zero-order valence-corrected chi connectivity index (χ0v) is 9.95. The average molecular weight is 218 g/mol. The van der Waals surface area contributed by atoms with Gasteiger partial charge in [-0.25, -0.2) is 0 Å². The standard InChI is InChI=1S/C14H18O2/c1-3-16-13-8-7-12(9-10(13)2)14(15)11-5-4-6-11/h7-9,11H,3-6H2,1-2H3. The summed E-state index contributed by atoms with van der Waals surface area (Å²) in [6.07, 6.45) is 3.32. The minimum Gasteiger partial charge on any atom is -0.494 e. The van der Waals surface area contributed by atoms with Gasteiger partial charge in [0.15, 0.2) is 5.78 Å². The average Bonchev–Trinajstić information content (AvgIpc) is 2.18. The lowest BCUT2D eigenvalue weighted by Crippen LogP contribution is -2.21. The molecule has 0 heterocycles. The Hall–Kier alpha value is -1.31. The van der Waals surface area contributed by atoms with Crippen LogP contribution in [0.25, 0.3) is 0 Å². The number of rotatable bonds is 4. The molecule has 2 heteroatoms. The normalized spacial score (nSPS) is 15.6. The second-order valence-corrected chi connectivity index (χ2v) is 4.41. The van der Waals surface area contributed by atoms with Gasteiger partial charge in [0.25, 0.3) is 0 Å². The lowest BCUT2D eigenvalue weighted by Gasteiger charge is -2.24. The molecule has 1 fully saturated rings. The number of carbonyl (C=O) groups is 1. The van der Waals surface area contributed by atoms with E-state index >= 15 is 0 Å². The van der Waals surface area contributed by atoms with Gasteiger partial charge in [0.1, 0.15) is 5.75 Å². The van der Waals surface area contributed by atoms with Crippen molar-refractivity contribution in [1.82, 2.24) is 0 Å². The van der Waals surface area contributed by atoms with Gasteiger partial charge in [-0.1, -0.05) is 6.42 Å². The Morgan fingerprint density at radius 2 is 2.19 bits per heavy atom. The van der Waals surface area contributed by atoms with Crippen molar-refractivity contribution in [2.24, 2.45) is 5.92 Å². The van der Waals surface area contributed by atoms with Crippen molar-refractivity contribution in [3.63, 3.8) is 0 Å². The zero-order chi connectivity index (χ0) is 11.5. The fourth-order valence-electron chi connectivity index (χ4n) is 2.03. The molecule has 0 radical (unpaired) electrons. The van der Waals surface area contributed by atoms with E-state index in [4.69, 9.17) is 4.74 Å².